The van der Waals surface area contributed by atoms with Crippen molar-refractivity contribution < 1.29 is 30.4 Å². The van der Waals surface area contributed by atoms with E-state index in [0.29, 0.717) is 5.69 Å². The summed E-state index contributed by atoms with van der Waals surface area (Å²) in [7, 11) is -8.72. The van der Waals surface area contributed by atoms with Crippen molar-refractivity contribution in [2.75, 3.05) is 5.01 Å². The van der Waals surface area contributed by atoms with Gasteiger partial charge in [0.15, 0.2) is 6.04 Å². The van der Waals surface area contributed by atoms with Gasteiger partial charge in [-0.2, -0.15) is 37.2 Å². The molecular weight excluding hydrogens is 544 g/mol. The number of carbonyl (C=O) groups excluding carboxylic acids is 1. The summed E-state index contributed by atoms with van der Waals surface area (Å²) in [6.07, 6.45) is 0. The lowest BCUT2D eigenvalue weighted by Gasteiger charge is -2.15. The van der Waals surface area contributed by atoms with E-state index in [9.17, 15) is 26.2 Å². The van der Waals surface area contributed by atoms with Crippen LogP contribution in [0.1, 0.15) is 12.5 Å². The molecule has 4 rings (SSSR count). The lowest BCUT2D eigenvalue weighted by atomic mass is 10.2. The van der Waals surface area contributed by atoms with Gasteiger partial charge in [-0.1, -0.05) is 29.3 Å². The van der Waals surface area contributed by atoms with Crippen molar-refractivity contribution in [3.8, 4) is 5.75 Å². The van der Waals surface area contributed by atoms with E-state index in [1.54, 1.807) is 12.1 Å². The molecule has 0 aromatic heterocycles. The minimum Gasteiger partial charge on any atom is -0.379 e. The molecule has 0 unspecified atom stereocenters. The number of benzene rings is 3. The van der Waals surface area contributed by atoms with Crippen molar-refractivity contribution in [2.24, 2.45) is 15.3 Å². The van der Waals surface area contributed by atoms with Gasteiger partial charge in [-0.05, 0) is 68.4 Å². The number of rotatable bonds is 7. The predicted molar refractivity (Wildman–Crippen MR) is 136 cm³/mol. The molecule has 0 radical (unpaired) electrons. The Morgan fingerprint density at radius 3 is 2.24 bits per heavy atom. The van der Waals surface area contributed by atoms with Crippen LogP contribution in [0, 0.1) is 6.92 Å². The SMILES string of the molecule is CC1=NN(c2ccc(Cl)cc2S(=O)(=O)O)C(=O)[C@@H]1N=Nc1ccc(OS(=O)(=O)c2ccc(C)cc2)cc1. The number of carbonyl (C=O) groups is 1. The van der Waals surface area contributed by atoms with Gasteiger partial charge in [0, 0.05) is 5.02 Å². The minimum atomic E-state index is -4.70. The third-order valence-electron chi connectivity index (χ3n) is 5.17. The first-order valence-electron chi connectivity index (χ1n) is 10.5. The second kappa shape index (κ2) is 10.0. The molecular formula is C23H19ClN4O7S2. The van der Waals surface area contributed by atoms with Crippen LogP contribution < -0.4 is 9.19 Å². The highest BCUT2D eigenvalue weighted by molar-refractivity contribution is 7.87. The zero-order chi connectivity index (χ0) is 27.0. The van der Waals surface area contributed by atoms with Crippen LogP contribution in [0.2, 0.25) is 5.02 Å². The second-order valence-corrected chi connectivity index (χ2v) is 11.3. The summed E-state index contributed by atoms with van der Waals surface area (Å²) in [5.41, 5.74) is 1.24. The van der Waals surface area contributed by atoms with Crippen molar-refractivity contribution in [3.63, 3.8) is 0 Å². The van der Waals surface area contributed by atoms with Gasteiger partial charge in [-0.25, -0.2) is 0 Å². The van der Waals surface area contributed by atoms with Crippen LogP contribution in [0.15, 0.2) is 91.9 Å². The van der Waals surface area contributed by atoms with Crippen LogP contribution in [0.5, 0.6) is 5.75 Å². The van der Waals surface area contributed by atoms with Crippen LogP contribution in [-0.4, -0.2) is 39.0 Å². The van der Waals surface area contributed by atoms with Crippen LogP contribution >= 0.6 is 11.6 Å². The van der Waals surface area contributed by atoms with Gasteiger partial charge in [0.2, 0.25) is 0 Å². The molecule has 11 nitrogen and oxygen atoms in total. The Labute approximate surface area is 217 Å². The largest absolute Gasteiger partial charge is 0.379 e. The fourth-order valence-electron chi connectivity index (χ4n) is 3.30. The second-order valence-electron chi connectivity index (χ2n) is 7.94. The molecule has 1 heterocycles. The molecule has 3 aromatic rings. The Kier molecular flexibility index (Phi) is 7.15. The molecule has 1 aliphatic heterocycles. The summed E-state index contributed by atoms with van der Waals surface area (Å²) >= 11 is 5.83. The van der Waals surface area contributed by atoms with Crippen LogP contribution in [0.4, 0.5) is 11.4 Å². The smallest absolute Gasteiger partial charge is 0.339 e. The molecule has 0 saturated carbocycles. The van der Waals surface area contributed by atoms with E-state index in [4.69, 9.17) is 15.8 Å². The molecule has 192 valence electrons. The quantitative estimate of drug-likeness (QED) is 0.252. The zero-order valence-electron chi connectivity index (χ0n) is 19.3. The number of nitrogens with zero attached hydrogens (tertiary/aromatic N) is 4. The maximum absolute atomic E-state index is 12.9. The number of hydrazone groups is 1. The minimum absolute atomic E-state index is 0.0127. The number of hydrogen-bond acceptors (Lipinski definition) is 9. The van der Waals surface area contributed by atoms with Crippen molar-refractivity contribution >= 4 is 54.8 Å². The average molecular weight is 563 g/mol. The van der Waals surface area contributed by atoms with Crippen molar-refractivity contribution in [3.05, 3.63) is 77.3 Å². The standard InChI is InChI=1S/C23H19ClN4O7S2/c1-14-3-10-19(11-4-14)37(33,34)35-18-8-6-17(7-9-18)25-26-22-15(2)27-28(23(22)29)20-12-5-16(24)13-21(20)36(30,31)32/h3-13,22H,1-2H3,(H,30,31,32)/t22-/m1/s1. The number of amides is 1. The fraction of sp³-hybridized carbons (Fsp3) is 0.130. The Morgan fingerprint density at radius 2 is 1.62 bits per heavy atom. The van der Waals surface area contributed by atoms with E-state index < -0.39 is 37.1 Å². The molecule has 1 N–H and O–H groups in total. The van der Waals surface area contributed by atoms with Gasteiger partial charge in [0.05, 0.1) is 17.1 Å². The van der Waals surface area contributed by atoms with Gasteiger partial charge >= 0.3 is 10.1 Å². The first-order valence-corrected chi connectivity index (χ1v) is 13.8. The highest BCUT2D eigenvalue weighted by atomic mass is 35.5. The van der Waals surface area contributed by atoms with Crippen molar-refractivity contribution in [2.45, 2.75) is 29.7 Å². The molecule has 1 atom stereocenters. The maximum atomic E-state index is 12.9. The Balaban J connectivity index is 1.50. The van der Waals surface area contributed by atoms with Gasteiger partial charge in [0.25, 0.3) is 16.0 Å². The van der Waals surface area contributed by atoms with Crippen LogP contribution in [0.3, 0.4) is 0 Å². The van der Waals surface area contributed by atoms with E-state index in [0.717, 1.165) is 16.6 Å². The summed E-state index contributed by atoms with van der Waals surface area (Å²) in [5, 5.41) is 12.9. The number of azo groups is 1. The van der Waals surface area contributed by atoms with E-state index in [-0.39, 0.29) is 27.1 Å². The number of halogens is 1. The van der Waals surface area contributed by atoms with Crippen LogP contribution in [0.25, 0.3) is 0 Å². The highest BCUT2D eigenvalue weighted by Crippen LogP contribution is 2.32. The van der Waals surface area contributed by atoms with Crippen LogP contribution in [-0.2, 0) is 25.0 Å². The molecule has 1 aliphatic rings. The van der Waals surface area contributed by atoms with Gasteiger partial charge in [-0.15, -0.1) is 0 Å². The summed E-state index contributed by atoms with van der Waals surface area (Å²) in [6, 6.07) is 14.3. The molecule has 37 heavy (non-hydrogen) atoms. The summed E-state index contributed by atoms with van der Waals surface area (Å²) < 4.78 is 63.1. The summed E-state index contributed by atoms with van der Waals surface area (Å²) in [5.74, 6) is -0.640. The molecule has 0 spiro atoms. The molecule has 0 saturated heterocycles. The molecule has 3 aromatic carbocycles. The summed E-state index contributed by atoms with van der Waals surface area (Å²) in [4.78, 5) is 12.4. The third kappa shape index (κ3) is 5.85. The molecule has 14 heteroatoms. The number of anilines is 1. The van der Waals surface area contributed by atoms with Crippen molar-refractivity contribution in [1.82, 2.24) is 0 Å². The Morgan fingerprint density at radius 1 is 0.973 bits per heavy atom. The molecule has 0 bridgehead atoms. The monoisotopic (exact) mass is 562 g/mol. The first kappa shape index (κ1) is 26.4. The lowest BCUT2D eigenvalue weighted by Crippen LogP contribution is -2.30. The Hall–Kier alpha value is -3.65. The molecule has 0 fully saturated rings. The van der Waals surface area contributed by atoms with E-state index in [1.165, 1.54) is 55.5 Å². The summed E-state index contributed by atoms with van der Waals surface area (Å²) in [6.45, 7) is 3.35. The fourth-order valence-corrected chi connectivity index (χ4v) is 5.17. The maximum Gasteiger partial charge on any atom is 0.339 e. The number of aryl methyl sites for hydroxylation is 1. The molecule has 1 amide bonds. The average Bonchev–Trinajstić information content (AvgIpc) is 3.11. The zero-order valence-corrected chi connectivity index (χ0v) is 21.7. The predicted octanol–water partition coefficient (Wildman–Crippen LogP) is 4.54. The first-order chi connectivity index (χ1) is 17.3. The lowest BCUT2D eigenvalue weighted by molar-refractivity contribution is -0.117. The van der Waals surface area contributed by atoms with E-state index in [1.807, 2.05) is 6.92 Å². The topological polar surface area (TPSA) is 155 Å². The van der Waals surface area contributed by atoms with Crippen molar-refractivity contribution in [1.29, 1.82) is 0 Å². The van der Waals surface area contributed by atoms with Gasteiger partial charge < -0.3 is 4.18 Å². The molecule has 0 aliphatic carbocycles. The highest BCUT2D eigenvalue weighted by Gasteiger charge is 2.37. The van der Waals surface area contributed by atoms with E-state index >= 15 is 0 Å². The Bertz CT molecular complexity index is 1640. The van der Waals surface area contributed by atoms with E-state index in [2.05, 4.69) is 15.3 Å². The van der Waals surface area contributed by atoms with Gasteiger partial charge in [-0.3, -0.25) is 9.35 Å². The normalized spacial score (nSPS) is 16.3. The third-order valence-corrected chi connectivity index (χ3v) is 7.54. The van der Waals surface area contributed by atoms with Gasteiger partial charge in [0.1, 0.15) is 15.5 Å². The number of hydrogen-bond donors (Lipinski definition) is 1.